The lowest BCUT2D eigenvalue weighted by Gasteiger charge is -1.99. The normalized spacial score (nSPS) is 11.3. The number of nitrogens with zero attached hydrogens (tertiary/aromatic N) is 4. The molecule has 26 heavy (non-hydrogen) atoms. The van der Waals surface area contributed by atoms with E-state index in [2.05, 4.69) is 36.0 Å². The summed E-state index contributed by atoms with van der Waals surface area (Å²) >= 11 is 6.41. The fraction of sp³-hybridized carbons (Fsp3) is 0.176. The van der Waals surface area contributed by atoms with Crippen LogP contribution in [0.1, 0.15) is 17.6 Å². The van der Waals surface area contributed by atoms with Gasteiger partial charge in [-0.2, -0.15) is 9.61 Å². The highest BCUT2D eigenvalue weighted by Gasteiger charge is 2.10. The maximum atomic E-state index is 12.2. The Bertz CT molecular complexity index is 1120. The first-order valence-corrected chi connectivity index (χ1v) is 10.5. The Hall–Kier alpha value is -1.97. The van der Waals surface area contributed by atoms with Crippen molar-refractivity contribution in [3.8, 4) is 11.3 Å². The average molecular weight is 448 g/mol. The largest absolute Gasteiger partial charge is 0.333 e. The quantitative estimate of drug-likeness (QED) is 0.464. The molecule has 4 aromatic rings. The van der Waals surface area contributed by atoms with Crippen LogP contribution in [0.2, 0.25) is 0 Å². The van der Waals surface area contributed by atoms with Crippen LogP contribution in [-0.4, -0.2) is 24.6 Å². The molecule has 132 valence electrons. The number of halogens is 1. The second-order valence-corrected chi connectivity index (χ2v) is 8.45. The van der Waals surface area contributed by atoms with Crippen LogP contribution in [0.3, 0.4) is 0 Å². The predicted octanol–water partition coefficient (Wildman–Crippen LogP) is 4.16. The summed E-state index contributed by atoms with van der Waals surface area (Å²) in [6.07, 6.45) is 2.61. The summed E-state index contributed by atoms with van der Waals surface area (Å²) < 4.78 is 2.41. The molecule has 0 bridgehead atoms. The summed E-state index contributed by atoms with van der Waals surface area (Å²) in [7, 11) is 0. The lowest BCUT2D eigenvalue weighted by molar-refractivity contribution is 0.852. The molecule has 1 aromatic carbocycles. The standard InChI is InChI=1S/C17H14BrN5OS2/c1-2-14-22-23-15(24)7-12(20-17(23)26-14)9-25-16-19-8-13(21-16)10-3-5-11(18)6-4-10/h3-8H,2,9H2,1H3,(H,19,21). The van der Waals surface area contributed by atoms with E-state index in [0.29, 0.717) is 10.7 Å². The van der Waals surface area contributed by atoms with Crippen molar-refractivity contribution in [2.24, 2.45) is 0 Å². The minimum absolute atomic E-state index is 0.142. The van der Waals surface area contributed by atoms with Crippen LogP contribution in [-0.2, 0) is 12.2 Å². The van der Waals surface area contributed by atoms with Crippen molar-refractivity contribution in [2.45, 2.75) is 24.3 Å². The maximum absolute atomic E-state index is 12.2. The number of benzene rings is 1. The summed E-state index contributed by atoms with van der Waals surface area (Å²) in [6, 6.07) is 9.58. The first kappa shape index (κ1) is 17.4. The summed E-state index contributed by atoms with van der Waals surface area (Å²) in [5, 5.41) is 5.97. The van der Waals surface area contributed by atoms with Crippen molar-refractivity contribution in [2.75, 3.05) is 0 Å². The van der Waals surface area contributed by atoms with Gasteiger partial charge in [-0.25, -0.2) is 9.97 Å². The van der Waals surface area contributed by atoms with Crippen molar-refractivity contribution in [1.29, 1.82) is 0 Å². The van der Waals surface area contributed by atoms with Gasteiger partial charge in [0.15, 0.2) is 5.16 Å². The molecule has 4 rings (SSSR count). The number of thioether (sulfide) groups is 1. The van der Waals surface area contributed by atoms with Crippen LogP contribution in [0.25, 0.3) is 16.2 Å². The molecule has 0 saturated heterocycles. The minimum atomic E-state index is -0.142. The number of H-pyrrole nitrogens is 1. The topological polar surface area (TPSA) is 75.9 Å². The molecule has 0 aliphatic rings. The Morgan fingerprint density at radius 1 is 1.31 bits per heavy atom. The van der Waals surface area contributed by atoms with E-state index >= 15 is 0 Å². The summed E-state index contributed by atoms with van der Waals surface area (Å²) in [5.41, 5.74) is 2.62. The molecule has 9 heteroatoms. The number of imidazole rings is 1. The Kier molecular flexibility index (Phi) is 4.92. The van der Waals surface area contributed by atoms with Gasteiger partial charge in [0.2, 0.25) is 4.96 Å². The molecule has 0 amide bonds. The third-order valence-electron chi connectivity index (χ3n) is 3.71. The van der Waals surface area contributed by atoms with E-state index < -0.39 is 0 Å². The number of hydrogen-bond donors (Lipinski definition) is 1. The van der Waals surface area contributed by atoms with E-state index in [9.17, 15) is 4.79 Å². The number of aromatic amines is 1. The summed E-state index contributed by atoms with van der Waals surface area (Å²) in [5.74, 6) is 0.568. The number of nitrogens with one attached hydrogen (secondary N) is 1. The van der Waals surface area contributed by atoms with Crippen molar-refractivity contribution >= 4 is 44.0 Å². The fourth-order valence-corrected chi connectivity index (χ4v) is 4.27. The lowest BCUT2D eigenvalue weighted by atomic mass is 10.2. The Morgan fingerprint density at radius 3 is 2.88 bits per heavy atom. The first-order chi connectivity index (χ1) is 12.6. The SMILES string of the molecule is CCc1nn2c(=O)cc(CSc3ncc(-c4ccc(Br)cc4)[nH]3)nc2s1. The van der Waals surface area contributed by atoms with Gasteiger partial charge in [0, 0.05) is 16.3 Å². The molecular formula is C17H14BrN5OS2. The highest BCUT2D eigenvalue weighted by molar-refractivity contribution is 9.10. The maximum Gasteiger partial charge on any atom is 0.275 e. The van der Waals surface area contributed by atoms with E-state index in [4.69, 9.17) is 0 Å². The first-order valence-electron chi connectivity index (χ1n) is 7.95. The zero-order valence-electron chi connectivity index (χ0n) is 13.8. The number of aryl methyl sites for hydroxylation is 1. The van der Waals surface area contributed by atoms with Gasteiger partial charge in [-0.05, 0) is 24.1 Å². The van der Waals surface area contributed by atoms with Gasteiger partial charge in [-0.15, -0.1) is 0 Å². The fourth-order valence-electron chi connectivity index (χ4n) is 2.41. The Labute approximate surface area is 165 Å². The number of hydrogen-bond acceptors (Lipinski definition) is 6. The zero-order valence-corrected chi connectivity index (χ0v) is 17.0. The molecule has 0 unspecified atom stereocenters. The molecule has 0 spiro atoms. The van der Waals surface area contributed by atoms with E-state index in [1.807, 2.05) is 37.4 Å². The second kappa shape index (κ2) is 7.34. The van der Waals surface area contributed by atoms with Gasteiger partial charge in [0.05, 0.1) is 17.6 Å². The van der Waals surface area contributed by atoms with Crippen LogP contribution in [0, 0.1) is 0 Å². The predicted molar refractivity (Wildman–Crippen MR) is 108 cm³/mol. The van der Waals surface area contributed by atoms with Gasteiger partial charge in [-0.3, -0.25) is 4.79 Å². The zero-order chi connectivity index (χ0) is 18.1. The van der Waals surface area contributed by atoms with Crippen LogP contribution in [0.5, 0.6) is 0 Å². The van der Waals surface area contributed by atoms with Crippen LogP contribution in [0.15, 0.2) is 51.0 Å². The van der Waals surface area contributed by atoms with Crippen LogP contribution in [0.4, 0.5) is 0 Å². The molecule has 0 aliphatic carbocycles. The highest BCUT2D eigenvalue weighted by Crippen LogP contribution is 2.25. The molecule has 3 aromatic heterocycles. The van der Waals surface area contributed by atoms with Gasteiger partial charge < -0.3 is 4.98 Å². The molecule has 0 saturated carbocycles. The smallest absolute Gasteiger partial charge is 0.275 e. The second-order valence-electron chi connectivity index (χ2n) is 5.53. The number of rotatable bonds is 5. The molecular weight excluding hydrogens is 434 g/mol. The van der Waals surface area contributed by atoms with Crippen LogP contribution < -0.4 is 5.56 Å². The van der Waals surface area contributed by atoms with E-state index in [0.717, 1.165) is 38.0 Å². The Balaban J connectivity index is 1.51. The molecule has 3 heterocycles. The van der Waals surface area contributed by atoms with Gasteiger partial charge >= 0.3 is 0 Å². The Morgan fingerprint density at radius 2 is 2.12 bits per heavy atom. The van der Waals surface area contributed by atoms with Gasteiger partial charge in [-0.1, -0.05) is 58.1 Å². The van der Waals surface area contributed by atoms with Gasteiger partial charge in [0.1, 0.15) is 5.01 Å². The van der Waals surface area contributed by atoms with Crippen molar-refractivity contribution in [3.05, 3.63) is 62.1 Å². The molecule has 0 aliphatic heterocycles. The van der Waals surface area contributed by atoms with Crippen molar-refractivity contribution < 1.29 is 0 Å². The third-order valence-corrected chi connectivity index (χ3v) is 6.21. The van der Waals surface area contributed by atoms with E-state index in [1.165, 1.54) is 33.7 Å². The minimum Gasteiger partial charge on any atom is -0.333 e. The summed E-state index contributed by atoms with van der Waals surface area (Å²) in [6.45, 7) is 2.01. The van der Waals surface area contributed by atoms with Crippen LogP contribution >= 0.6 is 39.0 Å². The van der Waals surface area contributed by atoms with E-state index in [1.54, 1.807) is 0 Å². The van der Waals surface area contributed by atoms with E-state index in [-0.39, 0.29) is 5.56 Å². The molecule has 0 fully saturated rings. The molecule has 0 atom stereocenters. The van der Waals surface area contributed by atoms with Crippen molar-refractivity contribution in [1.82, 2.24) is 24.6 Å². The monoisotopic (exact) mass is 447 g/mol. The molecule has 6 nitrogen and oxygen atoms in total. The lowest BCUT2D eigenvalue weighted by Crippen LogP contribution is -2.15. The van der Waals surface area contributed by atoms with Crippen molar-refractivity contribution in [3.63, 3.8) is 0 Å². The number of fused-ring (bicyclic) bond motifs is 1. The summed E-state index contributed by atoms with van der Waals surface area (Å²) in [4.78, 5) is 25.1. The third kappa shape index (κ3) is 3.60. The highest BCUT2D eigenvalue weighted by atomic mass is 79.9. The number of aromatic nitrogens is 5. The average Bonchev–Trinajstić information content (AvgIpc) is 3.27. The molecule has 0 radical (unpaired) electrons. The van der Waals surface area contributed by atoms with Gasteiger partial charge in [0.25, 0.3) is 5.56 Å². The molecule has 1 N–H and O–H groups in total.